The highest BCUT2D eigenvalue weighted by atomic mass is 32.1. The molecule has 0 aliphatic rings. The Morgan fingerprint density at radius 1 is 1.22 bits per heavy atom. The zero-order valence-electron chi connectivity index (χ0n) is 16.0. The van der Waals surface area contributed by atoms with Crippen LogP contribution in [0.4, 0.5) is 4.79 Å². The minimum atomic E-state index is -0.948. The van der Waals surface area contributed by atoms with Crippen molar-refractivity contribution >= 4 is 47.3 Å². The van der Waals surface area contributed by atoms with Gasteiger partial charge in [-0.2, -0.15) is 0 Å². The summed E-state index contributed by atoms with van der Waals surface area (Å²) < 4.78 is 10.1. The number of amides is 1. The van der Waals surface area contributed by atoms with E-state index in [1.165, 1.54) is 6.08 Å². The second-order valence-corrected chi connectivity index (χ2v) is 5.44. The highest BCUT2D eigenvalue weighted by molar-refractivity contribution is 7.96. The number of carbonyl (C=O) groups is 2. The predicted molar refractivity (Wildman–Crippen MR) is 115 cm³/mol. The normalized spacial score (nSPS) is 9.22. The van der Waals surface area contributed by atoms with Crippen LogP contribution in [0, 0.1) is 0 Å². The first-order valence-electron chi connectivity index (χ1n) is 8.16. The minimum absolute atomic E-state index is 0.618. The quantitative estimate of drug-likeness (QED) is 0.371. The van der Waals surface area contributed by atoms with E-state index in [1.54, 1.807) is 31.4 Å². The standard InChI is InChI=1S/C10H10O3.C7H15NOS.CH3NOS/c1-13-9-5-2-8(3-6-9)4-7-10(11)12;1-4-8(5-2)7(10)9-6-3;2-1(3)4/h2-7H,1H3,(H,11,12);4-6H2,1-3H3;(H3,2,3,4). The molecule has 0 bridgehead atoms. The Morgan fingerprint density at radius 2 is 1.70 bits per heavy atom. The molecule has 0 unspecified atom stereocenters. The number of primary amides is 1. The lowest BCUT2D eigenvalue weighted by Crippen LogP contribution is -2.30. The van der Waals surface area contributed by atoms with Gasteiger partial charge in [0.15, 0.2) is 0 Å². The Hall–Kier alpha value is -2.26. The molecule has 7 nitrogen and oxygen atoms in total. The van der Waals surface area contributed by atoms with Crippen LogP contribution in [0.1, 0.15) is 26.3 Å². The van der Waals surface area contributed by atoms with Crippen LogP contribution in [-0.2, 0) is 9.53 Å². The first-order valence-corrected chi connectivity index (χ1v) is 9.02. The maximum atomic E-state index is 10.2. The Balaban J connectivity index is 0. The third-order valence-electron chi connectivity index (χ3n) is 2.82. The van der Waals surface area contributed by atoms with E-state index in [4.69, 9.17) is 31.6 Å². The van der Waals surface area contributed by atoms with Crippen molar-refractivity contribution in [2.45, 2.75) is 20.8 Å². The molecule has 0 saturated heterocycles. The number of carboxylic acids is 1. The highest BCUT2D eigenvalue weighted by Crippen LogP contribution is 2.11. The van der Waals surface area contributed by atoms with Crippen molar-refractivity contribution < 1.29 is 24.2 Å². The van der Waals surface area contributed by atoms with Gasteiger partial charge in [-0.1, -0.05) is 24.8 Å². The lowest BCUT2D eigenvalue weighted by atomic mass is 10.2. The number of thiocarbonyl (C=S) groups is 1. The smallest absolute Gasteiger partial charge is 0.328 e. The van der Waals surface area contributed by atoms with Gasteiger partial charge >= 0.3 is 5.97 Å². The van der Waals surface area contributed by atoms with E-state index >= 15 is 0 Å². The van der Waals surface area contributed by atoms with E-state index in [2.05, 4.69) is 32.2 Å². The van der Waals surface area contributed by atoms with Gasteiger partial charge in [0.2, 0.25) is 0 Å². The molecule has 0 fully saturated rings. The molecule has 152 valence electrons. The number of thiol groups is 1. The number of carbonyl (C=O) groups excluding carboxylic acids is 1. The summed E-state index contributed by atoms with van der Waals surface area (Å²) in [5, 5.41) is 8.34. The Labute approximate surface area is 171 Å². The Kier molecular flexibility index (Phi) is 17.1. The molecule has 0 aliphatic heterocycles. The molecule has 1 aromatic rings. The maximum Gasteiger partial charge on any atom is 0.328 e. The molecule has 0 atom stereocenters. The summed E-state index contributed by atoms with van der Waals surface area (Å²) in [5.41, 5.74) is 5.17. The lowest BCUT2D eigenvalue weighted by molar-refractivity contribution is -0.131. The van der Waals surface area contributed by atoms with Crippen molar-refractivity contribution in [2.75, 3.05) is 26.8 Å². The average Bonchev–Trinajstić information content (AvgIpc) is 2.62. The van der Waals surface area contributed by atoms with Crippen molar-refractivity contribution in [1.29, 1.82) is 0 Å². The van der Waals surface area contributed by atoms with Crippen molar-refractivity contribution in [3.05, 3.63) is 35.9 Å². The van der Waals surface area contributed by atoms with Gasteiger partial charge in [0.05, 0.1) is 13.7 Å². The van der Waals surface area contributed by atoms with Crippen LogP contribution in [0.15, 0.2) is 30.3 Å². The SMILES string of the molecule is CCOC(=S)N(CC)CC.COc1ccc(C=CC(=O)O)cc1.NC(=O)S. The Bertz CT molecular complexity index is 584. The molecular formula is C18H28N2O5S2. The van der Waals surface area contributed by atoms with Crippen LogP contribution in [0.2, 0.25) is 0 Å². The third-order valence-corrected chi connectivity index (χ3v) is 3.20. The average molecular weight is 417 g/mol. The van der Waals surface area contributed by atoms with Gasteiger partial charge in [-0.05, 0) is 56.8 Å². The van der Waals surface area contributed by atoms with Gasteiger partial charge in [-0.15, -0.1) is 0 Å². The van der Waals surface area contributed by atoms with Gasteiger partial charge < -0.3 is 25.2 Å². The number of nitrogens with zero attached hydrogens (tertiary/aromatic N) is 1. The number of hydrogen-bond donors (Lipinski definition) is 3. The summed E-state index contributed by atoms with van der Waals surface area (Å²) in [6.07, 6.45) is 2.63. The van der Waals surface area contributed by atoms with Crippen LogP contribution >= 0.6 is 24.8 Å². The first kappa shape index (κ1) is 27.0. The van der Waals surface area contributed by atoms with E-state index in [0.29, 0.717) is 11.8 Å². The van der Waals surface area contributed by atoms with Crippen molar-refractivity contribution in [3.8, 4) is 5.75 Å². The molecule has 0 saturated carbocycles. The second-order valence-electron chi connectivity index (χ2n) is 4.65. The number of methoxy groups -OCH3 is 1. The molecule has 0 heterocycles. The second kappa shape index (κ2) is 17.2. The first-order chi connectivity index (χ1) is 12.7. The van der Waals surface area contributed by atoms with Gasteiger partial charge in [0.25, 0.3) is 10.4 Å². The topological polar surface area (TPSA) is 102 Å². The number of nitrogens with two attached hydrogens (primary N) is 1. The van der Waals surface area contributed by atoms with E-state index < -0.39 is 11.2 Å². The number of ether oxygens (including phenoxy) is 2. The molecule has 0 spiro atoms. The molecule has 1 rings (SSSR count). The van der Waals surface area contributed by atoms with Crippen LogP contribution < -0.4 is 10.5 Å². The molecule has 1 aromatic carbocycles. The largest absolute Gasteiger partial charge is 0.497 e. The molecule has 0 radical (unpaired) electrons. The summed E-state index contributed by atoms with van der Waals surface area (Å²) in [5.74, 6) is -0.191. The fourth-order valence-corrected chi connectivity index (χ4v) is 1.96. The molecule has 9 heteroatoms. The minimum Gasteiger partial charge on any atom is -0.497 e. The molecule has 1 amide bonds. The molecule has 0 aliphatic carbocycles. The number of aliphatic carboxylic acids is 1. The molecule has 3 N–H and O–H groups in total. The number of benzene rings is 1. The van der Waals surface area contributed by atoms with E-state index in [0.717, 1.165) is 30.5 Å². The number of carboxylic acid groups (broad SMARTS) is 1. The van der Waals surface area contributed by atoms with E-state index in [1.807, 2.05) is 11.8 Å². The molecular weight excluding hydrogens is 388 g/mol. The van der Waals surface area contributed by atoms with E-state index in [-0.39, 0.29) is 0 Å². The van der Waals surface area contributed by atoms with Gasteiger partial charge in [-0.3, -0.25) is 4.79 Å². The van der Waals surface area contributed by atoms with Crippen molar-refractivity contribution in [3.63, 3.8) is 0 Å². The zero-order chi connectivity index (χ0) is 21.2. The monoisotopic (exact) mass is 416 g/mol. The zero-order valence-corrected chi connectivity index (χ0v) is 17.8. The fraction of sp³-hybridized carbons (Fsp3) is 0.389. The van der Waals surface area contributed by atoms with Gasteiger partial charge in [0.1, 0.15) is 5.75 Å². The van der Waals surface area contributed by atoms with Crippen LogP contribution in [-0.4, -0.2) is 53.2 Å². The fourth-order valence-electron chi connectivity index (χ4n) is 1.58. The molecule has 0 aromatic heterocycles. The maximum absolute atomic E-state index is 10.2. The summed E-state index contributed by atoms with van der Waals surface area (Å²) in [6, 6.07) is 7.14. The highest BCUT2D eigenvalue weighted by Gasteiger charge is 2.03. The number of hydrogen-bond acceptors (Lipinski definition) is 5. The van der Waals surface area contributed by atoms with Gasteiger partial charge in [0, 0.05) is 19.2 Å². The van der Waals surface area contributed by atoms with Crippen LogP contribution in [0.25, 0.3) is 6.08 Å². The summed E-state index contributed by atoms with van der Waals surface area (Å²) in [6.45, 7) is 8.58. The van der Waals surface area contributed by atoms with E-state index in [9.17, 15) is 4.79 Å². The predicted octanol–water partition coefficient (Wildman–Crippen LogP) is 3.44. The van der Waals surface area contributed by atoms with Crippen molar-refractivity contribution in [2.24, 2.45) is 5.73 Å². The van der Waals surface area contributed by atoms with Crippen LogP contribution in [0.5, 0.6) is 5.75 Å². The summed E-state index contributed by atoms with van der Waals surface area (Å²) in [4.78, 5) is 21.3. The van der Waals surface area contributed by atoms with Gasteiger partial charge in [-0.25, -0.2) is 4.79 Å². The van der Waals surface area contributed by atoms with Crippen molar-refractivity contribution in [1.82, 2.24) is 4.90 Å². The summed E-state index contributed by atoms with van der Waals surface area (Å²) in [7, 11) is 1.59. The van der Waals surface area contributed by atoms with Crippen LogP contribution in [0.3, 0.4) is 0 Å². The lowest BCUT2D eigenvalue weighted by Gasteiger charge is -2.20. The number of rotatable bonds is 6. The third kappa shape index (κ3) is 16.9. The Morgan fingerprint density at radius 3 is 2.04 bits per heavy atom. The molecule has 27 heavy (non-hydrogen) atoms. The summed E-state index contributed by atoms with van der Waals surface area (Å²) >= 11 is 8.08.